The summed E-state index contributed by atoms with van der Waals surface area (Å²) in [5.41, 5.74) is 1.40. The van der Waals surface area contributed by atoms with Gasteiger partial charge in [-0.25, -0.2) is 0 Å². The molecule has 0 atom stereocenters. The highest BCUT2D eigenvalue weighted by molar-refractivity contribution is 7.16. The van der Waals surface area contributed by atoms with E-state index < -0.39 is 0 Å². The standard InChI is InChI=1S/C19H23N5OS/c1-14-20-21-19-24(14)22-17(26-19)7-8-18(25)23-11-9-16(10-12-23)13-15-5-3-2-4-6-15/h2-6,16H,7-13H2,1H3. The van der Waals surface area contributed by atoms with E-state index in [0.717, 1.165) is 48.1 Å². The van der Waals surface area contributed by atoms with E-state index in [9.17, 15) is 4.79 Å². The van der Waals surface area contributed by atoms with Gasteiger partial charge in [-0.3, -0.25) is 4.79 Å². The first-order valence-electron chi connectivity index (χ1n) is 9.18. The molecule has 1 aliphatic rings. The summed E-state index contributed by atoms with van der Waals surface area (Å²) < 4.78 is 1.75. The Balaban J connectivity index is 1.25. The normalized spacial score (nSPS) is 15.7. The number of likely N-dealkylation sites (tertiary alicyclic amines) is 1. The van der Waals surface area contributed by atoms with Crippen molar-refractivity contribution in [2.75, 3.05) is 13.1 Å². The van der Waals surface area contributed by atoms with Crippen molar-refractivity contribution >= 4 is 22.2 Å². The minimum Gasteiger partial charge on any atom is -0.343 e. The van der Waals surface area contributed by atoms with Crippen LogP contribution in [0.3, 0.4) is 0 Å². The third kappa shape index (κ3) is 3.77. The van der Waals surface area contributed by atoms with E-state index in [1.54, 1.807) is 4.52 Å². The number of piperidine rings is 1. The quantitative estimate of drug-likeness (QED) is 0.694. The molecule has 1 amide bonds. The number of amides is 1. The van der Waals surface area contributed by atoms with Gasteiger partial charge in [0, 0.05) is 25.9 Å². The second kappa shape index (κ2) is 7.53. The van der Waals surface area contributed by atoms with Crippen molar-refractivity contribution in [2.24, 2.45) is 5.92 Å². The Labute approximate surface area is 156 Å². The number of benzene rings is 1. The topological polar surface area (TPSA) is 63.4 Å². The molecule has 0 unspecified atom stereocenters. The van der Waals surface area contributed by atoms with Gasteiger partial charge >= 0.3 is 0 Å². The predicted octanol–water partition coefficient (Wildman–Crippen LogP) is 2.91. The van der Waals surface area contributed by atoms with E-state index in [1.807, 2.05) is 11.8 Å². The number of carbonyl (C=O) groups is 1. The SMILES string of the molecule is Cc1nnc2sc(CCC(=O)N3CCC(Cc4ccccc4)CC3)nn12. The molecular formula is C19H23N5OS. The van der Waals surface area contributed by atoms with Crippen LogP contribution in [0.15, 0.2) is 30.3 Å². The van der Waals surface area contributed by atoms with E-state index in [4.69, 9.17) is 0 Å². The number of aromatic nitrogens is 4. The van der Waals surface area contributed by atoms with Crippen molar-refractivity contribution < 1.29 is 4.79 Å². The Hall–Kier alpha value is -2.28. The second-order valence-corrected chi connectivity index (χ2v) is 7.99. The zero-order chi connectivity index (χ0) is 17.9. The molecule has 0 aliphatic carbocycles. The van der Waals surface area contributed by atoms with Gasteiger partial charge in [-0.05, 0) is 37.7 Å². The minimum absolute atomic E-state index is 0.242. The van der Waals surface area contributed by atoms with Gasteiger partial charge in [0.05, 0.1) is 0 Å². The van der Waals surface area contributed by atoms with Gasteiger partial charge in [-0.15, -0.1) is 10.2 Å². The molecule has 3 aromatic rings. The van der Waals surface area contributed by atoms with E-state index in [1.165, 1.54) is 16.9 Å². The lowest BCUT2D eigenvalue weighted by atomic mass is 9.90. The van der Waals surface area contributed by atoms with Gasteiger partial charge in [-0.1, -0.05) is 41.7 Å². The van der Waals surface area contributed by atoms with Crippen LogP contribution in [0.2, 0.25) is 0 Å². The highest BCUT2D eigenvalue weighted by atomic mass is 32.1. The molecule has 0 radical (unpaired) electrons. The van der Waals surface area contributed by atoms with Crippen molar-refractivity contribution in [2.45, 2.75) is 39.0 Å². The van der Waals surface area contributed by atoms with Crippen molar-refractivity contribution in [1.29, 1.82) is 0 Å². The molecule has 0 N–H and O–H groups in total. The van der Waals surface area contributed by atoms with Gasteiger partial charge in [0.15, 0.2) is 5.82 Å². The molecular weight excluding hydrogens is 346 g/mol. The number of aryl methyl sites for hydroxylation is 2. The molecule has 1 fully saturated rings. The molecule has 0 spiro atoms. The predicted molar refractivity (Wildman–Crippen MR) is 101 cm³/mol. The van der Waals surface area contributed by atoms with Crippen LogP contribution in [0.1, 0.15) is 35.7 Å². The van der Waals surface area contributed by atoms with Gasteiger partial charge in [0.25, 0.3) is 0 Å². The third-order valence-corrected chi connectivity index (χ3v) is 6.03. The van der Waals surface area contributed by atoms with E-state index >= 15 is 0 Å². The van der Waals surface area contributed by atoms with Crippen LogP contribution in [0.25, 0.3) is 4.96 Å². The average Bonchev–Trinajstić information content (AvgIpc) is 3.23. The molecule has 136 valence electrons. The van der Waals surface area contributed by atoms with Crippen LogP contribution in [0.4, 0.5) is 0 Å². The van der Waals surface area contributed by atoms with Crippen molar-refractivity contribution in [3.05, 3.63) is 46.7 Å². The van der Waals surface area contributed by atoms with Crippen LogP contribution < -0.4 is 0 Å². The van der Waals surface area contributed by atoms with Crippen LogP contribution in [0.5, 0.6) is 0 Å². The number of carbonyl (C=O) groups excluding carboxylic acids is 1. The van der Waals surface area contributed by atoms with E-state index in [-0.39, 0.29) is 5.91 Å². The maximum absolute atomic E-state index is 12.5. The van der Waals surface area contributed by atoms with Crippen molar-refractivity contribution in [3.63, 3.8) is 0 Å². The molecule has 0 bridgehead atoms. The zero-order valence-electron chi connectivity index (χ0n) is 15.0. The van der Waals surface area contributed by atoms with Crippen LogP contribution in [-0.2, 0) is 17.6 Å². The summed E-state index contributed by atoms with van der Waals surface area (Å²) in [7, 11) is 0. The molecule has 1 aliphatic heterocycles. The number of hydrogen-bond acceptors (Lipinski definition) is 5. The molecule has 4 rings (SSSR count). The highest BCUT2D eigenvalue weighted by Gasteiger charge is 2.23. The summed E-state index contributed by atoms with van der Waals surface area (Å²) >= 11 is 1.52. The summed E-state index contributed by atoms with van der Waals surface area (Å²) in [4.78, 5) is 15.3. The van der Waals surface area contributed by atoms with Gasteiger partial charge < -0.3 is 4.90 Å². The lowest BCUT2D eigenvalue weighted by Gasteiger charge is -2.32. The van der Waals surface area contributed by atoms with E-state index in [0.29, 0.717) is 18.8 Å². The Morgan fingerprint density at radius 2 is 1.96 bits per heavy atom. The molecule has 26 heavy (non-hydrogen) atoms. The number of fused-ring (bicyclic) bond motifs is 1. The van der Waals surface area contributed by atoms with Crippen LogP contribution in [0, 0.1) is 12.8 Å². The molecule has 7 heteroatoms. The summed E-state index contributed by atoms with van der Waals surface area (Å²) in [5, 5.41) is 13.5. The summed E-state index contributed by atoms with van der Waals surface area (Å²) in [6.45, 7) is 3.63. The monoisotopic (exact) mass is 369 g/mol. The summed E-state index contributed by atoms with van der Waals surface area (Å²) in [6.07, 6.45) is 4.51. The zero-order valence-corrected chi connectivity index (χ0v) is 15.8. The lowest BCUT2D eigenvalue weighted by molar-refractivity contribution is -0.132. The molecule has 1 aromatic carbocycles. The fraction of sp³-hybridized carbons (Fsp3) is 0.474. The Bertz CT molecular complexity index is 880. The number of hydrogen-bond donors (Lipinski definition) is 0. The molecule has 3 heterocycles. The second-order valence-electron chi connectivity index (χ2n) is 6.95. The molecule has 2 aromatic heterocycles. The largest absolute Gasteiger partial charge is 0.343 e. The average molecular weight is 369 g/mol. The van der Waals surface area contributed by atoms with Crippen molar-refractivity contribution in [3.8, 4) is 0 Å². The van der Waals surface area contributed by atoms with Gasteiger partial charge in [0.2, 0.25) is 10.9 Å². The molecule has 0 saturated carbocycles. The smallest absolute Gasteiger partial charge is 0.234 e. The van der Waals surface area contributed by atoms with E-state index in [2.05, 4.69) is 45.6 Å². The van der Waals surface area contributed by atoms with Crippen LogP contribution in [-0.4, -0.2) is 43.7 Å². The fourth-order valence-corrected chi connectivity index (χ4v) is 4.44. The maximum Gasteiger partial charge on any atom is 0.234 e. The first kappa shape index (κ1) is 17.1. The molecule has 6 nitrogen and oxygen atoms in total. The minimum atomic E-state index is 0.242. The number of rotatable bonds is 5. The Morgan fingerprint density at radius 3 is 2.69 bits per heavy atom. The third-order valence-electron chi connectivity index (χ3n) is 5.08. The first-order valence-corrected chi connectivity index (χ1v) is 10.00. The first-order chi connectivity index (χ1) is 12.7. The maximum atomic E-state index is 12.5. The lowest BCUT2D eigenvalue weighted by Crippen LogP contribution is -2.39. The summed E-state index contributed by atoms with van der Waals surface area (Å²) in [6, 6.07) is 10.6. The van der Waals surface area contributed by atoms with Gasteiger partial charge in [-0.2, -0.15) is 9.61 Å². The highest BCUT2D eigenvalue weighted by Crippen LogP contribution is 2.23. The Morgan fingerprint density at radius 1 is 1.19 bits per heavy atom. The van der Waals surface area contributed by atoms with Gasteiger partial charge in [0.1, 0.15) is 5.01 Å². The van der Waals surface area contributed by atoms with Crippen molar-refractivity contribution in [1.82, 2.24) is 24.7 Å². The Kier molecular flexibility index (Phi) is 4.97. The van der Waals surface area contributed by atoms with Crippen LogP contribution >= 0.6 is 11.3 Å². The fourth-order valence-electron chi connectivity index (χ4n) is 3.56. The summed E-state index contributed by atoms with van der Waals surface area (Å²) in [5.74, 6) is 1.71. The molecule has 1 saturated heterocycles. The number of nitrogens with zero attached hydrogens (tertiary/aromatic N) is 5.